The van der Waals surface area contributed by atoms with Crippen LogP contribution in [0.4, 0.5) is 11.5 Å². The Labute approximate surface area is 176 Å². The number of hydrogen-bond donors (Lipinski definition) is 0. The van der Waals surface area contributed by atoms with Gasteiger partial charge in [0.1, 0.15) is 11.5 Å². The minimum atomic E-state index is -0.0603. The van der Waals surface area contributed by atoms with E-state index in [0.717, 1.165) is 49.7 Å². The van der Waals surface area contributed by atoms with E-state index in [4.69, 9.17) is 9.97 Å². The van der Waals surface area contributed by atoms with Crippen molar-refractivity contribution in [3.05, 3.63) is 71.9 Å². The molecule has 0 N–H and O–H groups in total. The Morgan fingerprint density at radius 3 is 2.40 bits per heavy atom. The van der Waals surface area contributed by atoms with E-state index in [2.05, 4.69) is 22.9 Å². The molecule has 2 aromatic carbocycles. The maximum Gasteiger partial charge on any atom is 0.277 e. The van der Waals surface area contributed by atoms with E-state index >= 15 is 0 Å². The molecule has 0 bridgehead atoms. The maximum atomic E-state index is 13.5. The van der Waals surface area contributed by atoms with E-state index < -0.39 is 0 Å². The molecule has 0 unspecified atom stereocenters. The fraction of sp³-hybridized carbons (Fsp3) is 0.292. The van der Waals surface area contributed by atoms with E-state index in [-0.39, 0.29) is 5.91 Å². The first kappa shape index (κ1) is 18.8. The molecule has 1 saturated heterocycles. The minimum Gasteiger partial charge on any atom is -0.354 e. The maximum absolute atomic E-state index is 13.5. The molecule has 0 radical (unpaired) electrons. The van der Waals surface area contributed by atoms with Gasteiger partial charge < -0.3 is 14.7 Å². The lowest BCUT2D eigenvalue weighted by molar-refractivity contribution is 0.0984. The van der Waals surface area contributed by atoms with E-state index in [1.807, 2.05) is 59.5 Å². The zero-order valence-corrected chi connectivity index (χ0v) is 17.2. The molecule has 3 heterocycles. The number of hydrogen-bond acceptors (Lipinski definition) is 5. The van der Waals surface area contributed by atoms with Crippen LogP contribution in [0.3, 0.4) is 0 Å². The lowest BCUT2D eigenvalue weighted by Crippen LogP contribution is -2.45. The summed E-state index contributed by atoms with van der Waals surface area (Å²) in [6.45, 7) is 4.43. The van der Waals surface area contributed by atoms with Gasteiger partial charge in [-0.1, -0.05) is 48.5 Å². The van der Waals surface area contributed by atoms with Gasteiger partial charge in [0.15, 0.2) is 5.82 Å². The summed E-state index contributed by atoms with van der Waals surface area (Å²) >= 11 is 0. The first-order chi connectivity index (χ1) is 14.7. The van der Waals surface area contributed by atoms with E-state index in [9.17, 15) is 4.79 Å². The Kier molecular flexibility index (Phi) is 4.93. The Balaban J connectivity index is 1.54. The van der Waals surface area contributed by atoms with Crippen molar-refractivity contribution in [3.63, 3.8) is 0 Å². The van der Waals surface area contributed by atoms with Crippen LogP contribution in [0.15, 0.2) is 60.7 Å². The first-order valence-electron chi connectivity index (χ1n) is 10.5. The van der Waals surface area contributed by atoms with Gasteiger partial charge in [0.2, 0.25) is 0 Å². The van der Waals surface area contributed by atoms with Crippen molar-refractivity contribution in [1.29, 1.82) is 0 Å². The molecule has 6 nitrogen and oxygen atoms in total. The Bertz CT molecular complexity index is 1060. The monoisotopic (exact) mass is 399 g/mol. The molecule has 6 heteroatoms. The molecular weight excluding hydrogens is 374 g/mol. The number of carbonyl (C=O) groups excluding carboxylic acids is 1. The summed E-state index contributed by atoms with van der Waals surface area (Å²) in [7, 11) is 2.13. The number of carbonyl (C=O) groups is 1. The molecule has 0 spiro atoms. The molecule has 3 aromatic rings. The van der Waals surface area contributed by atoms with Crippen LogP contribution >= 0.6 is 0 Å². The second-order valence-electron chi connectivity index (χ2n) is 7.93. The van der Waals surface area contributed by atoms with Crippen LogP contribution in [0.25, 0.3) is 11.4 Å². The summed E-state index contributed by atoms with van der Waals surface area (Å²) in [6.07, 6.45) is 0.879. The molecule has 2 aliphatic rings. The van der Waals surface area contributed by atoms with Gasteiger partial charge in [0.25, 0.3) is 5.91 Å². The van der Waals surface area contributed by atoms with Crippen molar-refractivity contribution in [1.82, 2.24) is 14.9 Å². The van der Waals surface area contributed by atoms with Crippen LogP contribution in [0.5, 0.6) is 0 Å². The van der Waals surface area contributed by atoms with E-state index in [1.165, 1.54) is 5.56 Å². The number of para-hydroxylation sites is 1. The highest BCUT2D eigenvalue weighted by atomic mass is 16.2. The summed E-state index contributed by atoms with van der Waals surface area (Å²) in [4.78, 5) is 29.4. The predicted molar refractivity (Wildman–Crippen MR) is 119 cm³/mol. The number of anilines is 2. The zero-order chi connectivity index (χ0) is 20.5. The number of piperazine rings is 1. The second-order valence-corrected chi connectivity index (χ2v) is 7.93. The van der Waals surface area contributed by atoms with Gasteiger partial charge in [0.05, 0.1) is 0 Å². The highest BCUT2D eigenvalue weighted by Crippen LogP contribution is 2.30. The predicted octanol–water partition coefficient (Wildman–Crippen LogP) is 3.10. The Morgan fingerprint density at radius 2 is 1.60 bits per heavy atom. The van der Waals surface area contributed by atoms with Crippen molar-refractivity contribution in [2.45, 2.75) is 6.42 Å². The smallest absolute Gasteiger partial charge is 0.277 e. The summed E-state index contributed by atoms with van der Waals surface area (Å²) in [6, 6.07) is 19.9. The largest absolute Gasteiger partial charge is 0.354 e. The number of aromatic nitrogens is 2. The van der Waals surface area contributed by atoms with Gasteiger partial charge in [0, 0.05) is 50.0 Å². The molecule has 1 aromatic heterocycles. The van der Waals surface area contributed by atoms with Crippen molar-refractivity contribution >= 4 is 17.4 Å². The molecule has 1 fully saturated rings. The summed E-state index contributed by atoms with van der Waals surface area (Å²) in [5.41, 5.74) is 3.57. The van der Waals surface area contributed by atoms with Crippen LogP contribution in [-0.4, -0.2) is 60.5 Å². The standard InChI is InChI=1S/C24H25N5O/c1-27-13-15-28(16-14-27)22-17-20(25-23(26-22)19-8-3-2-4-9-19)24(30)29-12-11-18-7-5-6-10-21(18)29/h2-10,17H,11-16H2,1H3. The molecule has 0 saturated carbocycles. The van der Waals surface area contributed by atoms with E-state index in [1.54, 1.807) is 0 Å². The molecule has 1 amide bonds. The average Bonchev–Trinajstić information content (AvgIpc) is 3.23. The molecule has 152 valence electrons. The van der Waals surface area contributed by atoms with Crippen LogP contribution in [0.1, 0.15) is 16.1 Å². The second kappa shape index (κ2) is 7.88. The Morgan fingerprint density at radius 1 is 0.867 bits per heavy atom. The van der Waals surface area contributed by atoms with Crippen molar-refractivity contribution in [3.8, 4) is 11.4 Å². The first-order valence-corrected chi connectivity index (χ1v) is 10.5. The number of benzene rings is 2. The van der Waals surface area contributed by atoms with Crippen LogP contribution in [-0.2, 0) is 6.42 Å². The molecule has 0 aliphatic carbocycles. The number of rotatable bonds is 3. The van der Waals surface area contributed by atoms with Gasteiger partial charge in [-0.2, -0.15) is 0 Å². The van der Waals surface area contributed by atoms with Crippen molar-refractivity contribution in [2.24, 2.45) is 0 Å². The summed E-state index contributed by atoms with van der Waals surface area (Å²) in [5, 5.41) is 0. The van der Waals surface area contributed by atoms with Crippen LogP contribution in [0, 0.1) is 0 Å². The fourth-order valence-electron chi connectivity index (χ4n) is 4.15. The highest BCUT2D eigenvalue weighted by molar-refractivity contribution is 6.06. The minimum absolute atomic E-state index is 0.0603. The molecule has 30 heavy (non-hydrogen) atoms. The summed E-state index contributed by atoms with van der Waals surface area (Å²) in [5.74, 6) is 1.37. The summed E-state index contributed by atoms with van der Waals surface area (Å²) < 4.78 is 0. The molecule has 0 atom stereocenters. The third-order valence-corrected chi connectivity index (χ3v) is 5.92. The highest BCUT2D eigenvalue weighted by Gasteiger charge is 2.28. The van der Waals surface area contributed by atoms with Crippen molar-refractivity contribution < 1.29 is 4.79 Å². The third kappa shape index (κ3) is 3.55. The van der Waals surface area contributed by atoms with Crippen LogP contribution in [0.2, 0.25) is 0 Å². The average molecular weight is 399 g/mol. The zero-order valence-electron chi connectivity index (χ0n) is 17.2. The topological polar surface area (TPSA) is 52.6 Å². The van der Waals surface area contributed by atoms with Gasteiger partial charge in [-0.05, 0) is 25.1 Å². The van der Waals surface area contributed by atoms with Gasteiger partial charge in [-0.25, -0.2) is 9.97 Å². The van der Waals surface area contributed by atoms with Crippen LogP contribution < -0.4 is 9.80 Å². The lowest BCUT2D eigenvalue weighted by Gasteiger charge is -2.33. The van der Waals surface area contributed by atoms with Gasteiger partial charge >= 0.3 is 0 Å². The third-order valence-electron chi connectivity index (χ3n) is 5.92. The number of fused-ring (bicyclic) bond motifs is 1. The molecule has 2 aliphatic heterocycles. The number of likely N-dealkylation sites (N-methyl/N-ethyl adjacent to an activating group) is 1. The fourth-order valence-corrected chi connectivity index (χ4v) is 4.15. The van der Waals surface area contributed by atoms with Crippen molar-refractivity contribution in [2.75, 3.05) is 49.6 Å². The SMILES string of the molecule is CN1CCN(c2cc(C(=O)N3CCc4ccccc43)nc(-c3ccccc3)n2)CC1. The molecular formula is C24H25N5O. The van der Waals surface area contributed by atoms with E-state index in [0.29, 0.717) is 18.1 Å². The van der Waals surface area contributed by atoms with Gasteiger partial charge in [-0.3, -0.25) is 4.79 Å². The molecule has 5 rings (SSSR count). The number of nitrogens with zero attached hydrogens (tertiary/aromatic N) is 5. The lowest BCUT2D eigenvalue weighted by atomic mass is 10.2. The normalized spacial score (nSPS) is 16.6. The number of amides is 1. The van der Waals surface area contributed by atoms with Gasteiger partial charge in [-0.15, -0.1) is 0 Å². The Hall–Kier alpha value is -3.25. The quantitative estimate of drug-likeness (QED) is 0.677.